The standard InChI is InChI=1S/C32H48F2O4/c1-4-6-21(3)25-13-18-31(37-20-25)24-9-7-22(8-10-24)23-11-14-26(15-12-23)32(33,34)38-27-16-17-28(29(35)5-2)30(36)19-27/h16-17,19,21-26,31,36H,4-15,18,20H2,1-3H3. The van der Waals surface area contributed by atoms with Gasteiger partial charge in [-0.2, -0.15) is 8.78 Å². The van der Waals surface area contributed by atoms with Gasteiger partial charge in [0.15, 0.2) is 5.78 Å². The van der Waals surface area contributed by atoms with Crippen molar-refractivity contribution >= 4 is 5.78 Å². The third kappa shape index (κ3) is 7.08. The minimum absolute atomic E-state index is 0.100. The first-order chi connectivity index (χ1) is 18.2. The van der Waals surface area contributed by atoms with Crippen molar-refractivity contribution < 1.29 is 28.2 Å². The van der Waals surface area contributed by atoms with Crippen molar-refractivity contribution in [3.63, 3.8) is 0 Å². The van der Waals surface area contributed by atoms with E-state index < -0.39 is 12.0 Å². The predicted octanol–water partition coefficient (Wildman–Crippen LogP) is 8.80. The van der Waals surface area contributed by atoms with Crippen LogP contribution in [-0.4, -0.2) is 29.7 Å². The highest BCUT2D eigenvalue weighted by atomic mass is 19.3. The smallest absolute Gasteiger partial charge is 0.400 e. The zero-order valence-electron chi connectivity index (χ0n) is 23.6. The van der Waals surface area contributed by atoms with E-state index in [0.29, 0.717) is 36.7 Å². The molecule has 0 bridgehead atoms. The molecule has 214 valence electrons. The fraction of sp³-hybridized carbons (Fsp3) is 0.781. The van der Waals surface area contributed by atoms with Gasteiger partial charge in [-0.15, -0.1) is 0 Å². The maximum absolute atomic E-state index is 15.0. The monoisotopic (exact) mass is 534 g/mol. The van der Waals surface area contributed by atoms with Crippen molar-refractivity contribution in [3.8, 4) is 11.5 Å². The van der Waals surface area contributed by atoms with Crippen LogP contribution in [0.1, 0.15) is 115 Å². The number of rotatable bonds is 10. The summed E-state index contributed by atoms with van der Waals surface area (Å²) >= 11 is 0. The van der Waals surface area contributed by atoms with Crippen LogP contribution >= 0.6 is 0 Å². The minimum atomic E-state index is -3.30. The molecule has 1 aromatic carbocycles. The SMILES string of the molecule is CCCC(C)C1CCC(C2CCC(C3CCC(C(F)(F)Oc4ccc(C(=O)CC)c(O)c4)CC3)CC2)OC1. The Kier molecular flexibility index (Phi) is 10.1. The normalized spacial score (nSPS) is 31.5. The second-order valence-electron chi connectivity index (χ2n) is 12.4. The van der Waals surface area contributed by atoms with E-state index in [2.05, 4.69) is 13.8 Å². The number of ether oxygens (including phenoxy) is 2. The predicted molar refractivity (Wildman–Crippen MR) is 146 cm³/mol. The zero-order valence-corrected chi connectivity index (χ0v) is 23.6. The van der Waals surface area contributed by atoms with E-state index in [0.717, 1.165) is 37.4 Å². The molecule has 3 aliphatic rings. The summed E-state index contributed by atoms with van der Waals surface area (Å²) in [6, 6.07) is 3.84. The van der Waals surface area contributed by atoms with E-state index in [-0.39, 0.29) is 29.3 Å². The molecule has 0 amide bonds. The average Bonchev–Trinajstić information content (AvgIpc) is 2.93. The Hall–Kier alpha value is -1.69. The van der Waals surface area contributed by atoms with Crippen molar-refractivity contribution in [2.24, 2.45) is 35.5 Å². The number of halogens is 2. The van der Waals surface area contributed by atoms with Crippen molar-refractivity contribution in [3.05, 3.63) is 23.8 Å². The number of carbonyl (C=O) groups excluding carboxylic acids is 1. The molecule has 0 spiro atoms. The van der Waals surface area contributed by atoms with E-state index in [1.54, 1.807) is 6.92 Å². The van der Waals surface area contributed by atoms with Gasteiger partial charge in [-0.3, -0.25) is 4.79 Å². The second-order valence-corrected chi connectivity index (χ2v) is 12.4. The number of Topliss-reactive ketones (excluding diaryl/α,β-unsaturated/α-hetero) is 1. The summed E-state index contributed by atoms with van der Waals surface area (Å²) in [6.45, 7) is 7.25. The lowest BCUT2D eigenvalue weighted by atomic mass is 9.67. The van der Waals surface area contributed by atoms with Crippen LogP contribution in [0.15, 0.2) is 18.2 Å². The average molecular weight is 535 g/mol. The topological polar surface area (TPSA) is 55.8 Å². The van der Waals surface area contributed by atoms with Gasteiger partial charge >= 0.3 is 6.11 Å². The number of alkyl halides is 2. The second kappa shape index (κ2) is 13.1. The van der Waals surface area contributed by atoms with Gasteiger partial charge in [-0.05, 0) is 106 Å². The fourth-order valence-corrected chi connectivity index (χ4v) is 7.46. The minimum Gasteiger partial charge on any atom is -0.507 e. The summed E-state index contributed by atoms with van der Waals surface area (Å²) in [6.07, 6.45) is 9.78. The molecule has 0 aromatic heterocycles. The van der Waals surface area contributed by atoms with Gasteiger partial charge in [0.25, 0.3) is 0 Å². The van der Waals surface area contributed by atoms with Gasteiger partial charge in [-0.1, -0.05) is 33.6 Å². The molecule has 0 radical (unpaired) electrons. The lowest BCUT2D eigenvalue weighted by Gasteiger charge is -2.42. The van der Waals surface area contributed by atoms with Crippen molar-refractivity contribution in [1.29, 1.82) is 0 Å². The summed E-state index contributed by atoms with van der Waals surface area (Å²) in [5.74, 6) is 1.84. The lowest BCUT2D eigenvalue weighted by Crippen LogP contribution is -2.39. The zero-order chi connectivity index (χ0) is 27.3. The molecule has 2 aliphatic carbocycles. The Morgan fingerprint density at radius 1 is 1.00 bits per heavy atom. The van der Waals surface area contributed by atoms with E-state index in [1.807, 2.05) is 0 Å². The highest BCUT2D eigenvalue weighted by Crippen LogP contribution is 2.47. The molecule has 1 aliphatic heterocycles. The molecule has 1 heterocycles. The molecule has 6 heteroatoms. The molecule has 2 saturated carbocycles. The number of hydrogen-bond acceptors (Lipinski definition) is 4. The molecular formula is C32H48F2O4. The summed E-state index contributed by atoms with van der Waals surface area (Å²) in [4.78, 5) is 11.8. The van der Waals surface area contributed by atoms with Crippen LogP contribution in [0, 0.1) is 35.5 Å². The van der Waals surface area contributed by atoms with Crippen LogP contribution in [0.5, 0.6) is 11.5 Å². The summed E-state index contributed by atoms with van der Waals surface area (Å²) in [5.41, 5.74) is 0.138. The first-order valence-corrected chi connectivity index (χ1v) is 15.3. The van der Waals surface area contributed by atoms with Crippen LogP contribution in [0.2, 0.25) is 0 Å². The number of hydrogen-bond donors (Lipinski definition) is 1. The van der Waals surface area contributed by atoms with Crippen LogP contribution < -0.4 is 4.74 Å². The molecule has 3 fully saturated rings. The van der Waals surface area contributed by atoms with Gasteiger partial charge in [0.2, 0.25) is 0 Å². The largest absolute Gasteiger partial charge is 0.507 e. The van der Waals surface area contributed by atoms with Crippen molar-refractivity contribution in [2.75, 3.05) is 6.61 Å². The molecule has 38 heavy (non-hydrogen) atoms. The molecule has 1 aromatic rings. The van der Waals surface area contributed by atoms with Crippen LogP contribution in [0.25, 0.3) is 0 Å². The summed E-state index contributed by atoms with van der Waals surface area (Å²) < 4.78 is 41.5. The quantitative estimate of drug-likeness (QED) is 0.305. The Morgan fingerprint density at radius 3 is 2.18 bits per heavy atom. The molecule has 3 atom stereocenters. The maximum Gasteiger partial charge on any atom is 0.400 e. The third-order valence-electron chi connectivity index (χ3n) is 10.00. The summed E-state index contributed by atoms with van der Waals surface area (Å²) in [7, 11) is 0. The van der Waals surface area contributed by atoms with E-state index in [1.165, 1.54) is 63.5 Å². The first-order valence-electron chi connectivity index (χ1n) is 15.3. The van der Waals surface area contributed by atoms with Crippen LogP contribution in [0.4, 0.5) is 8.78 Å². The Morgan fingerprint density at radius 2 is 1.63 bits per heavy atom. The van der Waals surface area contributed by atoms with Gasteiger partial charge < -0.3 is 14.6 Å². The van der Waals surface area contributed by atoms with Crippen LogP contribution in [0.3, 0.4) is 0 Å². The van der Waals surface area contributed by atoms with Gasteiger partial charge in [0.05, 0.1) is 24.2 Å². The highest BCUT2D eigenvalue weighted by Gasteiger charge is 2.45. The number of phenolic OH excluding ortho intramolecular Hbond substituents is 1. The molecule has 3 unspecified atom stereocenters. The first kappa shape index (κ1) is 29.3. The maximum atomic E-state index is 15.0. The molecule has 4 rings (SSSR count). The van der Waals surface area contributed by atoms with Gasteiger partial charge in [0.1, 0.15) is 11.5 Å². The number of phenols is 1. The van der Waals surface area contributed by atoms with Crippen molar-refractivity contribution in [1.82, 2.24) is 0 Å². The van der Waals surface area contributed by atoms with E-state index in [4.69, 9.17) is 9.47 Å². The Bertz CT molecular complexity index is 895. The lowest BCUT2D eigenvalue weighted by molar-refractivity contribution is -0.224. The number of ketones is 1. The van der Waals surface area contributed by atoms with Crippen LogP contribution in [-0.2, 0) is 4.74 Å². The molecule has 4 nitrogen and oxygen atoms in total. The van der Waals surface area contributed by atoms with Gasteiger partial charge in [-0.25, -0.2) is 0 Å². The van der Waals surface area contributed by atoms with E-state index >= 15 is 8.78 Å². The van der Waals surface area contributed by atoms with E-state index in [9.17, 15) is 9.90 Å². The summed E-state index contributed by atoms with van der Waals surface area (Å²) in [5, 5.41) is 10.1. The molecular weight excluding hydrogens is 486 g/mol. The van der Waals surface area contributed by atoms with Crippen molar-refractivity contribution in [2.45, 2.75) is 116 Å². The molecule has 1 N–H and O–H groups in total. The highest BCUT2D eigenvalue weighted by molar-refractivity contribution is 5.98. The molecule has 1 saturated heterocycles. The number of benzene rings is 1. The Balaban J connectivity index is 1.20. The fourth-order valence-electron chi connectivity index (χ4n) is 7.46. The van der Waals surface area contributed by atoms with Gasteiger partial charge in [0, 0.05) is 12.5 Å². The Labute approximate surface area is 227 Å². The third-order valence-corrected chi connectivity index (χ3v) is 10.00. The number of carbonyl (C=O) groups is 1. The number of aromatic hydroxyl groups is 1.